The van der Waals surface area contributed by atoms with E-state index in [1.807, 2.05) is 13.8 Å². The Bertz CT molecular complexity index is 383. The minimum Gasteiger partial charge on any atom is -0.473 e. The highest BCUT2D eigenvalue weighted by Gasteiger charge is 2.14. The van der Waals surface area contributed by atoms with E-state index in [2.05, 4.69) is 10.3 Å². The first-order valence-electron chi connectivity index (χ1n) is 5.53. The van der Waals surface area contributed by atoms with Gasteiger partial charge < -0.3 is 10.1 Å². The van der Waals surface area contributed by atoms with Crippen molar-refractivity contribution in [1.82, 2.24) is 4.98 Å². The van der Waals surface area contributed by atoms with Crippen molar-refractivity contribution in [3.8, 4) is 5.88 Å². The molecule has 0 aromatic carbocycles. The predicted octanol–water partition coefficient (Wildman–Crippen LogP) is 2.68. The molecule has 0 bridgehead atoms. The zero-order valence-electron chi connectivity index (χ0n) is 10.2. The molecule has 5 heteroatoms. The molecule has 0 aliphatic heterocycles. The molecule has 1 rings (SSSR count). The van der Waals surface area contributed by atoms with E-state index in [-0.39, 0.29) is 23.8 Å². The Morgan fingerprint density at radius 3 is 2.82 bits per heavy atom. The van der Waals surface area contributed by atoms with Crippen LogP contribution in [0.1, 0.15) is 20.8 Å². The first-order valence-corrected chi connectivity index (χ1v) is 6.06. The molecule has 1 N–H and O–H groups in total. The van der Waals surface area contributed by atoms with Gasteiger partial charge in [-0.1, -0.05) is 6.92 Å². The molecule has 0 radical (unpaired) electrons. The summed E-state index contributed by atoms with van der Waals surface area (Å²) < 4.78 is 5.50. The molecule has 4 nitrogen and oxygen atoms in total. The molecule has 0 saturated heterocycles. The largest absolute Gasteiger partial charge is 0.473 e. The average Bonchev–Trinajstić information content (AvgIpc) is 2.29. The number of aromatic nitrogens is 1. The van der Waals surface area contributed by atoms with Crippen LogP contribution in [0.3, 0.4) is 0 Å². The number of hydrogen-bond donors (Lipinski definition) is 1. The average molecular weight is 257 g/mol. The van der Waals surface area contributed by atoms with Crippen LogP contribution < -0.4 is 10.1 Å². The van der Waals surface area contributed by atoms with Crippen molar-refractivity contribution < 1.29 is 9.53 Å². The number of rotatable bonds is 5. The van der Waals surface area contributed by atoms with Crippen molar-refractivity contribution in [3.63, 3.8) is 0 Å². The number of alkyl halides is 1. The Balaban J connectivity index is 2.79. The molecule has 1 aromatic heterocycles. The van der Waals surface area contributed by atoms with Crippen molar-refractivity contribution in [2.45, 2.75) is 26.9 Å². The Hall–Kier alpha value is -1.29. The van der Waals surface area contributed by atoms with Crippen LogP contribution in [-0.4, -0.2) is 22.9 Å². The normalized spacial score (nSPS) is 12.3. The monoisotopic (exact) mass is 256 g/mol. The molecule has 0 aliphatic rings. The van der Waals surface area contributed by atoms with Crippen molar-refractivity contribution in [2.75, 3.05) is 11.2 Å². The highest BCUT2D eigenvalue weighted by atomic mass is 35.5. The van der Waals surface area contributed by atoms with E-state index in [0.29, 0.717) is 11.6 Å². The number of nitrogens with one attached hydrogen (secondary N) is 1. The summed E-state index contributed by atoms with van der Waals surface area (Å²) in [7, 11) is 0. The van der Waals surface area contributed by atoms with Gasteiger partial charge >= 0.3 is 0 Å². The van der Waals surface area contributed by atoms with Gasteiger partial charge in [0.1, 0.15) is 5.69 Å². The molecule has 0 aliphatic carbocycles. The van der Waals surface area contributed by atoms with E-state index in [1.54, 1.807) is 25.3 Å². The molecular formula is C12H17ClN2O2. The molecule has 0 spiro atoms. The number of hydrogen-bond acceptors (Lipinski definition) is 3. The Morgan fingerprint density at radius 1 is 1.53 bits per heavy atom. The van der Waals surface area contributed by atoms with Gasteiger partial charge in [0, 0.05) is 18.0 Å². The molecule has 1 atom stereocenters. The fraction of sp³-hybridized carbons (Fsp3) is 0.500. The summed E-state index contributed by atoms with van der Waals surface area (Å²) in [6.45, 7) is 5.57. The minimum absolute atomic E-state index is 0.00556. The lowest BCUT2D eigenvalue weighted by molar-refractivity contribution is -0.118. The number of carbonyl (C=O) groups is 1. The highest BCUT2D eigenvalue weighted by molar-refractivity contribution is 6.19. The number of nitrogens with zero attached hydrogens (tertiary/aromatic N) is 1. The quantitative estimate of drug-likeness (QED) is 0.824. The smallest absolute Gasteiger partial charge is 0.238 e. The van der Waals surface area contributed by atoms with E-state index in [4.69, 9.17) is 16.3 Å². The van der Waals surface area contributed by atoms with Crippen molar-refractivity contribution in [1.29, 1.82) is 0 Å². The third-order valence-corrected chi connectivity index (χ3v) is 2.52. The number of amides is 1. The Morgan fingerprint density at radius 2 is 2.24 bits per heavy atom. The predicted molar refractivity (Wildman–Crippen MR) is 68.5 cm³/mol. The fourth-order valence-corrected chi connectivity index (χ4v) is 1.27. The van der Waals surface area contributed by atoms with E-state index in [1.165, 1.54) is 0 Å². The van der Waals surface area contributed by atoms with Crippen LogP contribution in [0.25, 0.3) is 0 Å². The Kier molecular flexibility index (Phi) is 5.22. The van der Waals surface area contributed by atoms with Crippen molar-refractivity contribution in [3.05, 3.63) is 18.3 Å². The van der Waals surface area contributed by atoms with E-state index < -0.39 is 0 Å². The second-order valence-electron chi connectivity index (χ2n) is 4.07. The van der Waals surface area contributed by atoms with Crippen LogP contribution in [0.4, 0.5) is 5.69 Å². The SMILES string of the molecule is CC(C)Oc1ncccc1NC(=O)C(C)CCl. The lowest BCUT2D eigenvalue weighted by atomic mass is 10.2. The molecule has 1 unspecified atom stereocenters. The molecule has 1 amide bonds. The zero-order chi connectivity index (χ0) is 12.8. The molecular weight excluding hydrogens is 240 g/mol. The number of halogens is 1. The van der Waals surface area contributed by atoms with Gasteiger partial charge in [-0.25, -0.2) is 4.98 Å². The first kappa shape index (κ1) is 13.8. The summed E-state index contributed by atoms with van der Waals surface area (Å²) in [5.41, 5.74) is 0.572. The maximum absolute atomic E-state index is 11.7. The second-order valence-corrected chi connectivity index (χ2v) is 4.38. The van der Waals surface area contributed by atoms with Crippen LogP contribution in [-0.2, 0) is 4.79 Å². The summed E-state index contributed by atoms with van der Waals surface area (Å²) in [5, 5.41) is 2.76. The van der Waals surface area contributed by atoms with E-state index in [9.17, 15) is 4.79 Å². The first-order chi connectivity index (χ1) is 8.04. The van der Waals surface area contributed by atoms with Gasteiger partial charge in [0.25, 0.3) is 0 Å². The number of ether oxygens (including phenoxy) is 1. The van der Waals surface area contributed by atoms with Crippen LogP contribution >= 0.6 is 11.6 Å². The molecule has 0 fully saturated rings. The maximum Gasteiger partial charge on any atom is 0.238 e. The fourth-order valence-electron chi connectivity index (χ4n) is 1.13. The number of anilines is 1. The minimum atomic E-state index is -0.247. The summed E-state index contributed by atoms with van der Waals surface area (Å²) in [4.78, 5) is 15.8. The van der Waals surface area contributed by atoms with Gasteiger partial charge in [0.05, 0.1) is 6.10 Å². The number of carbonyl (C=O) groups excluding carboxylic acids is 1. The van der Waals surface area contributed by atoms with Gasteiger partial charge in [-0.15, -0.1) is 11.6 Å². The van der Waals surface area contributed by atoms with Crippen LogP contribution in [0.5, 0.6) is 5.88 Å². The lowest BCUT2D eigenvalue weighted by Crippen LogP contribution is -2.22. The molecule has 1 aromatic rings. The topological polar surface area (TPSA) is 51.2 Å². The van der Waals surface area contributed by atoms with Gasteiger partial charge in [0.2, 0.25) is 11.8 Å². The van der Waals surface area contributed by atoms with E-state index in [0.717, 1.165) is 0 Å². The summed E-state index contributed by atoms with van der Waals surface area (Å²) in [5.74, 6) is 0.329. The summed E-state index contributed by atoms with van der Waals surface area (Å²) in [6.07, 6.45) is 1.63. The molecule has 94 valence electrons. The van der Waals surface area contributed by atoms with Crippen molar-refractivity contribution in [2.24, 2.45) is 5.92 Å². The van der Waals surface area contributed by atoms with Gasteiger partial charge in [0.15, 0.2) is 0 Å². The van der Waals surface area contributed by atoms with Gasteiger partial charge in [-0.05, 0) is 26.0 Å². The van der Waals surface area contributed by atoms with Crippen LogP contribution in [0.2, 0.25) is 0 Å². The third kappa shape index (κ3) is 4.23. The summed E-state index contributed by atoms with van der Waals surface area (Å²) >= 11 is 5.63. The van der Waals surface area contributed by atoms with Gasteiger partial charge in [-0.2, -0.15) is 0 Å². The number of pyridine rings is 1. The summed E-state index contributed by atoms with van der Waals surface area (Å²) in [6, 6.07) is 3.50. The van der Waals surface area contributed by atoms with Crippen LogP contribution in [0, 0.1) is 5.92 Å². The highest BCUT2D eigenvalue weighted by Crippen LogP contribution is 2.22. The second kappa shape index (κ2) is 6.45. The van der Waals surface area contributed by atoms with Gasteiger partial charge in [-0.3, -0.25) is 4.79 Å². The van der Waals surface area contributed by atoms with Crippen molar-refractivity contribution >= 4 is 23.2 Å². The molecule has 17 heavy (non-hydrogen) atoms. The standard InChI is InChI=1S/C12H17ClN2O2/c1-8(2)17-12-10(5-4-6-14-12)15-11(16)9(3)7-13/h4-6,8-9H,7H2,1-3H3,(H,15,16). The third-order valence-electron chi connectivity index (χ3n) is 2.06. The molecule has 1 heterocycles. The zero-order valence-corrected chi connectivity index (χ0v) is 11.0. The Labute approximate surface area is 106 Å². The molecule has 0 saturated carbocycles. The maximum atomic E-state index is 11.7. The van der Waals surface area contributed by atoms with E-state index >= 15 is 0 Å². The van der Waals surface area contributed by atoms with Crippen LogP contribution in [0.15, 0.2) is 18.3 Å². The lowest BCUT2D eigenvalue weighted by Gasteiger charge is -2.14.